The maximum Gasteiger partial charge on any atom is 0.196 e. The van der Waals surface area contributed by atoms with Gasteiger partial charge in [-0.3, -0.25) is 4.57 Å². The summed E-state index contributed by atoms with van der Waals surface area (Å²) in [5, 5.41) is 19.2. The minimum absolute atomic E-state index is 0.0108. The number of hydrogen-bond acceptors (Lipinski definition) is 5. The minimum Gasteiger partial charge on any atom is -0.390 e. The van der Waals surface area contributed by atoms with Crippen molar-refractivity contribution in [2.75, 3.05) is 12.4 Å². The predicted octanol–water partition coefficient (Wildman–Crippen LogP) is 5.02. The molecule has 0 aliphatic rings. The maximum absolute atomic E-state index is 13.7. The molecule has 33 heavy (non-hydrogen) atoms. The van der Waals surface area contributed by atoms with Gasteiger partial charge in [0, 0.05) is 22.6 Å². The molecule has 0 aliphatic carbocycles. The molecule has 1 atom stereocenters. The molecule has 0 aliphatic heterocycles. The van der Waals surface area contributed by atoms with Crippen LogP contribution in [0.2, 0.25) is 0 Å². The third-order valence-corrected chi connectivity index (χ3v) is 5.82. The Balaban J connectivity index is 1.47. The third kappa shape index (κ3) is 5.81. The molecule has 3 aromatic carbocycles. The zero-order chi connectivity index (χ0) is 23.2. The van der Waals surface area contributed by atoms with Crippen LogP contribution in [0.4, 0.5) is 13.2 Å². The van der Waals surface area contributed by atoms with Crippen LogP contribution >= 0.6 is 11.8 Å². The molecule has 0 radical (unpaired) electrons. The first kappa shape index (κ1) is 23.0. The SMILES string of the molecule is OC(COCc1ccccc1F)CSc1nnc(-c2ccc(F)cc2)n1-c1ccc(F)cc1. The molecule has 4 rings (SSSR count). The zero-order valence-electron chi connectivity index (χ0n) is 17.4. The van der Waals surface area contributed by atoms with Crippen LogP contribution in [0, 0.1) is 17.5 Å². The van der Waals surface area contributed by atoms with Crippen LogP contribution < -0.4 is 0 Å². The number of thioether (sulfide) groups is 1. The van der Waals surface area contributed by atoms with Crippen molar-refractivity contribution in [1.82, 2.24) is 14.8 Å². The lowest BCUT2D eigenvalue weighted by molar-refractivity contribution is 0.0386. The van der Waals surface area contributed by atoms with Gasteiger partial charge in [0.15, 0.2) is 11.0 Å². The second kappa shape index (κ2) is 10.7. The summed E-state index contributed by atoms with van der Waals surface area (Å²) in [4.78, 5) is 0. The van der Waals surface area contributed by atoms with E-state index in [1.807, 2.05) is 0 Å². The molecule has 0 bridgehead atoms. The van der Waals surface area contributed by atoms with Crippen molar-refractivity contribution in [1.29, 1.82) is 0 Å². The summed E-state index contributed by atoms with van der Waals surface area (Å²) >= 11 is 1.24. The van der Waals surface area contributed by atoms with Crippen molar-refractivity contribution in [3.63, 3.8) is 0 Å². The minimum atomic E-state index is -0.839. The Kier molecular flexibility index (Phi) is 7.43. The normalized spacial score (nSPS) is 12.1. The molecule has 1 unspecified atom stereocenters. The quantitative estimate of drug-likeness (QED) is 0.348. The number of aliphatic hydroxyl groups is 1. The van der Waals surface area contributed by atoms with E-state index in [2.05, 4.69) is 10.2 Å². The fraction of sp³-hybridized carbons (Fsp3) is 0.167. The predicted molar refractivity (Wildman–Crippen MR) is 119 cm³/mol. The first-order valence-corrected chi connectivity index (χ1v) is 11.1. The number of rotatable bonds is 9. The Morgan fingerprint density at radius 3 is 2.24 bits per heavy atom. The Labute approximate surface area is 192 Å². The molecule has 170 valence electrons. The van der Waals surface area contributed by atoms with Gasteiger partial charge in [0.2, 0.25) is 0 Å². The van der Waals surface area contributed by atoms with Crippen molar-refractivity contribution >= 4 is 11.8 Å². The van der Waals surface area contributed by atoms with Crippen LogP contribution in [-0.2, 0) is 11.3 Å². The molecular formula is C24H20F3N3O2S. The van der Waals surface area contributed by atoms with E-state index in [0.29, 0.717) is 27.8 Å². The highest BCUT2D eigenvalue weighted by Gasteiger charge is 2.18. The number of halogens is 3. The van der Waals surface area contributed by atoms with Crippen LogP contribution in [0.15, 0.2) is 78.0 Å². The lowest BCUT2D eigenvalue weighted by Gasteiger charge is -2.13. The number of nitrogens with zero attached hydrogens (tertiary/aromatic N) is 3. The summed E-state index contributed by atoms with van der Waals surface area (Å²) in [6.45, 7) is 0.0612. The fourth-order valence-electron chi connectivity index (χ4n) is 3.11. The highest BCUT2D eigenvalue weighted by atomic mass is 32.2. The standard InChI is InChI=1S/C24H20F3N3O2S/c25-18-7-5-16(6-8-18)23-28-29-24(30(23)20-11-9-19(26)10-12-20)33-15-21(31)14-32-13-17-3-1-2-4-22(17)27/h1-12,21,31H,13-15H2. The number of aliphatic hydroxyl groups excluding tert-OH is 1. The summed E-state index contributed by atoms with van der Waals surface area (Å²) in [6.07, 6.45) is -0.839. The van der Waals surface area contributed by atoms with Gasteiger partial charge < -0.3 is 9.84 Å². The van der Waals surface area contributed by atoms with Crippen LogP contribution in [0.5, 0.6) is 0 Å². The van der Waals surface area contributed by atoms with Gasteiger partial charge in [-0.25, -0.2) is 13.2 Å². The molecule has 5 nitrogen and oxygen atoms in total. The first-order valence-electron chi connectivity index (χ1n) is 10.1. The van der Waals surface area contributed by atoms with Crippen molar-refractivity contribution in [3.8, 4) is 17.1 Å². The highest BCUT2D eigenvalue weighted by molar-refractivity contribution is 7.99. The largest absolute Gasteiger partial charge is 0.390 e. The van der Waals surface area contributed by atoms with Gasteiger partial charge in [-0.15, -0.1) is 10.2 Å². The summed E-state index contributed by atoms with van der Waals surface area (Å²) in [6, 6.07) is 17.9. The van der Waals surface area contributed by atoms with Gasteiger partial charge in [-0.2, -0.15) is 0 Å². The van der Waals surface area contributed by atoms with Crippen molar-refractivity contribution < 1.29 is 23.0 Å². The van der Waals surface area contributed by atoms with E-state index in [1.54, 1.807) is 47.0 Å². The second-order valence-electron chi connectivity index (χ2n) is 7.20. The molecule has 0 saturated carbocycles. The lowest BCUT2D eigenvalue weighted by Crippen LogP contribution is -2.18. The molecule has 0 amide bonds. The van der Waals surface area contributed by atoms with E-state index in [9.17, 15) is 18.3 Å². The van der Waals surface area contributed by atoms with Gasteiger partial charge in [-0.1, -0.05) is 30.0 Å². The van der Waals surface area contributed by atoms with Gasteiger partial charge in [0.25, 0.3) is 0 Å². The Morgan fingerprint density at radius 2 is 1.55 bits per heavy atom. The van der Waals surface area contributed by atoms with Crippen LogP contribution in [0.25, 0.3) is 17.1 Å². The van der Waals surface area contributed by atoms with Crippen molar-refractivity contribution in [2.24, 2.45) is 0 Å². The van der Waals surface area contributed by atoms with Gasteiger partial charge >= 0.3 is 0 Å². The molecule has 1 aromatic heterocycles. The zero-order valence-corrected chi connectivity index (χ0v) is 18.2. The van der Waals surface area contributed by atoms with E-state index in [4.69, 9.17) is 4.74 Å². The molecule has 0 saturated heterocycles. The number of ether oxygens (including phenoxy) is 1. The van der Waals surface area contributed by atoms with E-state index >= 15 is 0 Å². The number of benzene rings is 3. The fourth-order valence-corrected chi connectivity index (χ4v) is 3.97. The summed E-state index contributed by atoms with van der Waals surface area (Å²) in [5.74, 6) is -0.428. The molecule has 1 N–H and O–H groups in total. The summed E-state index contributed by atoms with van der Waals surface area (Å²) in [7, 11) is 0. The molecule has 4 aromatic rings. The maximum atomic E-state index is 13.7. The number of aromatic nitrogens is 3. The summed E-state index contributed by atoms with van der Waals surface area (Å²) < 4.78 is 47.7. The van der Waals surface area contributed by atoms with E-state index in [0.717, 1.165) is 0 Å². The Morgan fingerprint density at radius 1 is 0.879 bits per heavy atom. The number of hydrogen-bond donors (Lipinski definition) is 1. The van der Waals surface area contributed by atoms with Crippen LogP contribution in [0.1, 0.15) is 5.56 Å². The smallest absolute Gasteiger partial charge is 0.196 e. The van der Waals surface area contributed by atoms with Crippen LogP contribution in [-0.4, -0.2) is 38.3 Å². The van der Waals surface area contributed by atoms with E-state index in [-0.39, 0.29) is 36.4 Å². The molecule has 1 heterocycles. The molecule has 9 heteroatoms. The highest BCUT2D eigenvalue weighted by Crippen LogP contribution is 2.28. The Hall–Kier alpha value is -3.14. The topological polar surface area (TPSA) is 60.2 Å². The van der Waals surface area contributed by atoms with Gasteiger partial charge in [0.05, 0.1) is 19.3 Å². The first-order chi connectivity index (χ1) is 16.0. The molecular weight excluding hydrogens is 451 g/mol. The van der Waals surface area contributed by atoms with Crippen LogP contribution in [0.3, 0.4) is 0 Å². The Bertz CT molecular complexity index is 1200. The monoisotopic (exact) mass is 471 g/mol. The molecule has 0 fully saturated rings. The van der Waals surface area contributed by atoms with Gasteiger partial charge in [0.1, 0.15) is 17.5 Å². The average molecular weight is 472 g/mol. The van der Waals surface area contributed by atoms with E-state index in [1.165, 1.54) is 42.1 Å². The average Bonchev–Trinajstić information content (AvgIpc) is 3.24. The lowest BCUT2D eigenvalue weighted by atomic mass is 10.2. The van der Waals surface area contributed by atoms with Crippen molar-refractivity contribution in [2.45, 2.75) is 17.9 Å². The third-order valence-electron chi connectivity index (χ3n) is 4.75. The molecule has 0 spiro atoms. The van der Waals surface area contributed by atoms with E-state index < -0.39 is 6.10 Å². The van der Waals surface area contributed by atoms with Crippen molar-refractivity contribution in [3.05, 3.63) is 95.8 Å². The summed E-state index contributed by atoms with van der Waals surface area (Å²) in [5.41, 5.74) is 1.67. The van der Waals surface area contributed by atoms with Gasteiger partial charge in [-0.05, 0) is 54.6 Å². The second-order valence-corrected chi connectivity index (χ2v) is 8.18.